The summed E-state index contributed by atoms with van der Waals surface area (Å²) in [6.45, 7) is 0.671. The number of amides is 2. The fourth-order valence-electron chi connectivity index (χ4n) is 1.96. The van der Waals surface area contributed by atoms with Crippen molar-refractivity contribution >= 4 is 11.8 Å². The molecule has 0 saturated carbocycles. The summed E-state index contributed by atoms with van der Waals surface area (Å²) in [6, 6.07) is 11.2. The third-order valence-electron chi connectivity index (χ3n) is 3.24. The molecule has 6 nitrogen and oxygen atoms in total. The molecule has 0 unspecified atom stereocenters. The van der Waals surface area contributed by atoms with Crippen LogP contribution in [0.1, 0.15) is 11.1 Å². The zero-order valence-corrected chi connectivity index (χ0v) is 12.9. The molecule has 0 spiro atoms. The van der Waals surface area contributed by atoms with Crippen LogP contribution in [0.25, 0.3) is 0 Å². The summed E-state index contributed by atoms with van der Waals surface area (Å²) in [5, 5.41) is 5.15. The second kappa shape index (κ2) is 8.53. The lowest BCUT2D eigenvalue weighted by atomic mass is 10.1. The van der Waals surface area contributed by atoms with Crippen LogP contribution in [-0.4, -0.2) is 30.5 Å². The molecular formula is C17H19N3O3. The Morgan fingerprint density at radius 1 is 1.04 bits per heavy atom. The summed E-state index contributed by atoms with van der Waals surface area (Å²) in [5.41, 5.74) is 1.90. The Hall–Kier alpha value is -2.89. The van der Waals surface area contributed by atoms with Gasteiger partial charge in [0, 0.05) is 25.5 Å². The lowest BCUT2D eigenvalue weighted by molar-refractivity contribution is -0.139. The van der Waals surface area contributed by atoms with E-state index < -0.39 is 11.8 Å². The Morgan fingerprint density at radius 2 is 1.78 bits per heavy atom. The van der Waals surface area contributed by atoms with E-state index in [0.29, 0.717) is 13.0 Å². The van der Waals surface area contributed by atoms with E-state index in [0.717, 1.165) is 16.9 Å². The van der Waals surface area contributed by atoms with Gasteiger partial charge in [-0.2, -0.15) is 0 Å². The van der Waals surface area contributed by atoms with Gasteiger partial charge in [-0.1, -0.05) is 18.2 Å². The number of methoxy groups -OCH3 is 1. The SMILES string of the molecule is COc1ccc(CCNC(=O)C(=O)NCc2cccnc2)cc1. The molecule has 2 N–H and O–H groups in total. The molecule has 6 heteroatoms. The Kier molecular flexibility index (Phi) is 6.11. The number of carbonyl (C=O) groups excluding carboxylic acids is 2. The monoisotopic (exact) mass is 313 g/mol. The highest BCUT2D eigenvalue weighted by atomic mass is 16.5. The number of hydrogen-bond acceptors (Lipinski definition) is 4. The number of benzene rings is 1. The maximum absolute atomic E-state index is 11.7. The molecule has 1 aromatic heterocycles. The van der Waals surface area contributed by atoms with Crippen LogP contribution in [0.5, 0.6) is 5.75 Å². The van der Waals surface area contributed by atoms with Crippen molar-refractivity contribution in [3.63, 3.8) is 0 Å². The van der Waals surface area contributed by atoms with E-state index >= 15 is 0 Å². The molecule has 120 valence electrons. The highest BCUT2D eigenvalue weighted by molar-refractivity contribution is 6.35. The Bertz CT molecular complexity index is 642. The van der Waals surface area contributed by atoms with E-state index in [2.05, 4.69) is 15.6 Å². The van der Waals surface area contributed by atoms with Crippen molar-refractivity contribution in [2.45, 2.75) is 13.0 Å². The number of aromatic nitrogens is 1. The number of nitrogens with zero attached hydrogens (tertiary/aromatic N) is 1. The van der Waals surface area contributed by atoms with Gasteiger partial charge in [0.25, 0.3) is 0 Å². The number of rotatable bonds is 6. The van der Waals surface area contributed by atoms with Gasteiger partial charge in [-0.05, 0) is 35.7 Å². The average Bonchev–Trinajstić information content (AvgIpc) is 2.61. The fraction of sp³-hybridized carbons (Fsp3) is 0.235. The number of nitrogens with one attached hydrogen (secondary N) is 2. The molecule has 0 saturated heterocycles. The Balaban J connectivity index is 1.70. The number of hydrogen-bond donors (Lipinski definition) is 2. The Labute approximate surface area is 134 Å². The zero-order chi connectivity index (χ0) is 16.5. The predicted molar refractivity (Wildman–Crippen MR) is 85.8 cm³/mol. The first-order chi connectivity index (χ1) is 11.2. The van der Waals surface area contributed by atoms with Crippen molar-refractivity contribution in [2.24, 2.45) is 0 Å². The van der Waals surface area contributed by atoms with E-state index in [-0.39, 0.29) is 6.54 Å². The third kappa shape index (κ3) is 5.43. The highest BCUT2D eigenvalue weighted by Gasteiger charge is 2.12. The summed E-state index contributed by atoms with van der Waals surface area (Å²) in [5.74, 6) is -0.501. The van der Waals surface area contributed by atoms with Crippen LogP contribution in [0, 0.1) is 0 Å². The van der Waals surface area contributed by atoms with Crippen molar-refractivity contribution < 1.29 is 14.3 Å². The summed E-state index contributed by atoms with van der Waals surface area (Å²) in [7, 11) is 1.61. The molecule has 0 radical (unpaired) electrons. The van der Waals surface area contributed by atoms with Gasteiger partial charge in [0.15, 0.2) is 0 Å². The number of carbonyl (C=O) groups is 2. The summed E-state index contributed by atoms with van der Waals surface area (Å²) in [4.78, 5) is 27.3. The van der Waals surface area contributed by atoms with Crippen LogP contribution in [0.2, 0.25) is 0 Å². The van der Waals surface area contributed by atoms with Crippen LogP contribution >= 0.6 is 0 Å². The van der Waals surface area contributed by atoms with Gasteiger partial charge in [-0.25, -0.2) is 0 Å². The van der Waals surface area contributed by atoms with Crippen LogP contribution in [-0.2, 0) is 22.6 Å². The second-order valence-corrected chi connectivity index (χ2v) is 4.90. The third-order valence-corrected chi connectivity index (χ3v) is 3.24. The van der Waals surface area contributed by atoms with Gasteiger partial charge in [-0.3, -0.25) is 14.6 Å². The van der Waals surface area contributed by atoms with E-state index in [1.54, 1.807) is 25.6 Å². The minimum Gasteiger partial charge on any atom is -0.497 e. The van der Waals surface area contributed by atoms with Gasteiger partial charge >= 0.3 is 11.8 Å². The molecule has 2 amide bonds. The first-order valence-corrected chi connectivity index (χ1v) is 7.27. The van der Waals surface area contributed by atoms with E-state index in [1.165, 1.54) is 0 Å². The first-order valence-electron chi connectivity index (χ1n) is 7.27. The van der Waals surface area contributed by atoms with Crippen LogP contribution in [0.4, 0.5) is 0 Å². The second-order valence-electron chi connectivity index (χ2n) is 4.90. The van der Waals surface area contributed by atoms with Crippen LogP contribution in [0.15, 0.2) is 48.8 Å². The smallest absolute Gasteiger partial charge is 0.309 e. The molecule has 0 aliphatic heterocycles. The minimum atomic E-state index is -0.649. The first kappa shape index (κ1) is 16.5. The molecule has 1 heterocycles. The number of pyridine rings is 1. The van der Waals surface area contributed by atoms with E-state index in [4.69, 9.17) is 4.74 Å². The largest absolute Gasteiger partial charge is 0.497 e. The van der Waals surface area contributed by atoms with Gasteiger partial charge in [0.1, 0.15) is 5.75 Å². The molecule has 2 rings (SSSR count). The molecule has 23 heavy (non-hydrogen) atoms. The molecular weight excluding hydrogens is 294 g/mol. The highest BCUT2D eigenvalue weighted by Crippen LogP contribution is 2.11. The number of ether oxygens (including phenoxy) is 1. The van der Waals surface area contributed by atoms with Crippen molar-refractivity contribution in [3.8, 4) is 5.75 Å². The molecule has 0 aliphatic rings. The van der Waals surface area contributed by atoms with Crippen LogP contribution in [0.3, 0.4) is 0 Å². The van der Waals surface area contributed by atoms with Gasteiger partial charge in [0.2, 0.25) is 0 Å². The summed E-state index contributed by atoms with van der Waals surface area (Å²) in [6.07, 6.45) is 3.94. The minimum absolute atomic E-state index is 0.276. The quantitative estimate of drug-likeness (QED) is 0.782. The fourth-order valence-corrected chi connectivity index (χ4v) is 1.96. The maximum Gasteiger partial charge on any atom is 0.309 e. The lowest BCUT2D eigenvalue weighted by Crippen LogP contribution is -2.40. The van der Waals surface area contributed by atoms with Crippen molar-refractivity contribution in [1.82, 2.24) is 15.6 Å². The van der Waals surface area contributed by atoms with Gasteiger partial charge < -0.3 is 15.4 Å². The van der Waals surface area contributed by atoms with E-state index in [9.17, 15) is 9.59 Å². The van der Waals surface area contributed by atoms with Gasteiger partial charge in [-0.15, -0.1) is 0 Å². The molecule has 0 bridgehead atoms. The normalized spacial score (nSPS) is 9.96. The average molecular weight is 313 g/mol. The van der Waals surface area contributed by atoms with Crippen molar-refractivity contribution in [2.75, 3.05) is 13.7 Å². The molecule has 0 fully saturated rings. The zero-order valence-electron chi connectivity index (χ0n) is 12.9. The molecule has 1 aromatic carbocycles. The summed E-state index contributed by atoms with van der Waals surface area (Å²) < 4.78 is 5.08. The Morgan fingerprint density at radius 3 is 2.43 bits per heavy atom. The molecule has 0 atom stereocenters. The predicted octanol–water partition coefficient (Wildman–Crippen LogP) is 1.07. The van der Waals surface area contributed by atoms with Gasteiger partial charge in [0.05, 0.1) is 7.11 Å². The maximum atomic E-state index is 11.7. The van der Waals surface area contributed by atoms with Crippen molar-refractivity contribution in [1.29, 1.82) is 0 Å². The van der Waals surface area contributed by atoms with Crippen molar-refractivity contribution in [3.05, 3.63) is 59.9 Å². The topological polar surface area (TPSA) is 80.3 Å². The molecule has 0 aliphatic carbocycles. The molecule has 2 aromatic rings. The van der Waals surface area contributed by atoms with Crippen LogP contribution < -0.4 is 15.4 Å². The van der Waals surface area contributed by atoms with E-state index in [1.807, 2.05) is 30.3 Å². The lowest BCUT2D eigenvalue weighted by Gasteiger charge is -2.07. The standard InChI is InChI=1S/C17H19N3O3/c1-23-15-6-4-13(5-7-15)8-10-19-16(21)17(22)20-12-14-3-2-9-18-11-14/h2-7,9,11H,8,10,12H2,1H3,(H,19,21)(H,20,22). The summed E-state index contributed by atoms with van der Waals surface area (Å²) >= 11 is 0.